The molecule has 0 fully saturated rings. The van der Waals surface area contributed by atoms with E-state index >= 15 is 0 Å². The molecular weight excluding hydrogens is 264 g/mol. The van der Waals surface area contributed by atoms with Crippen LogP contribution in [-0.2, 0) is 12.8 Å². The average molecular weight is 282 g/mol. The fourth-order valence-corrected chi connectivity index (χ4v) is 4.39. The number of aryl methyl sites for hydroxylation is 1. The Bertz CT molecular complexity index is 873. The monoisotopic (exact) mass is 282 g/mol. The zero-order valence-electron chi connectivity index (χ0n) is 12.5. The maximum atomic E-state index is 2.36. The van der Waals surface area contributed by atoms with E-state index < -0.39 is 0 Å². The summed E-state index contributed by atoms with van der Waals surface area (Å²) in [6.07, 6.45) is 3.57. The molecule has 0 heteroatoms. The Morgan fingerprint density at radius 2 is 1.36 bits per heavy atom. The van der Waals surface area contributed by atoms with Crippen molar-refractivity contribution in [3.05, 3.63) is 94.5 Å². The van der Waals surface area contributed by atoms with Gasteiger partial charge in [0.25, 0.3) is 0 Å². The van der Waals surface area contributed by atoms with E-state index in [1.807, 2.05) is 0 Å². The van der Waals surface area contributed by atoms with Gasteiger partial charge in [-0.05, 0) is 58.2 Å². The van der Waals surface area contributed by atoms with Crippen molar-refractivity contribution >= 4 is 0 Å². The molecule has 1 unspecified atom stereocenters. The van der Waals surface area contributed by atoms with Crippen LogP contribution in [0.25, 0.3) is 11.1 Å². The highest BCUT2D eigenvalue weighted by Gasteiger charge is 2.28. The van der Waals surface area contributed by atoms with Gasteiger partial charge in [-0.3, -0.25) is 0 Å². The van der Waals surface area contributed by atoms with E-state index in [1.165, 1.54) is 29.5 Å². The molecule has 5 rings (SSSR count). The van der Waals surface area contributed by atoms with Gasteiger partial charge in [0.1, 0.15) is 0 Å². The number of hydrogen-bond acceptors (Lipinski definition) is 0. The van der Waals surface area contributed by atoms with Crippen LogP contribution >= 0.6 is 0 Å². The SMILES string of the molecule is c1ccc2c(c1)Cc1c-2cccc1C1CCc2ccccc21. The van der Waals surface area contributed by atoms with Gasteiger partial charge in [-0.2, -0.15) is 0 Å². The number of rotatable bonds is 1. The molecule has 0 heterocycles. The van der Waals surface area contributed by atoms with Crippen LogP contribution in [0.15, 0.2) is 66.7 Å². The maximum Gasteiger partial charge on any atom is 0.00982 e. The van der Waals surface area contributed by atoms with E-state index in [0.29, 0.717) is 5.92 Å². The summed E-state index contributed by atoms with van der Waals surface area (Å²) in [5, 5.41) is 0. The summed E-state index contributed by atoms with van der Waals surface area (Å²) in [6.45, 7) is 0. The highest BCUT2D eigenvalue weighted by molar-refractivity contribution is 5.78. The Balaban J connectivity index is 1.68. The lowest BCUT2D eigenvalue weighted by atomic mass is 9.87. The van der Waals surface area contributed by atoms with Gasteiger partial charge in [0.15, 0.2) is 0 Å². The quantitative estimate of drug-likeness (QED) is 0.442. The highest BCUT2D eigenvalue weighted by Crippen LogP contribution is 2.45. The summed E-state index contributed by atoms with van der Waals surface area (Å²) >= 11 is 0. The van der Waals surface area contributed by atoms with Crippen LogP contribution in [-0.4, -0.2) is 0 Å². The molecule has 2 aliphatic carbocycles. The molecule has 106 valence electrons. The molecule has 0 nitrogen and oxygen atoms in total. The van der Waals surface area contributed by atoms with E-state index in [0.717, 1.165) is 6.42 Å². The van der Waals surface area contributed by atoms with Crippen molar-refractivity contribution in [2.75, 3.05) is 0 Å². The first-order valence-corrected chi connectivity index (χ1v) is 8.19. The topological polar surface area (TPSA) is 0 Å². The summed E-state index contributed by atoms with van der Waals surface area (Å²) in [5.74, 6) is 0.584. The predicted octanol–water partition coefficient (Wildman–Crippen LogP) is 5.34. The van der Waals surface area contributed by atoms with Crippen molar-refractivity contribution in [2.24, 2.45) is 0 Å². The summed E-state index contributed by atoms with van der Waals surface area (Å²) in [5.41, 5.74) is 10.6. The van der Waals surface area contributed by atoms with E-state index in [-0.39, 0.29) is 0 Å². The molecule has 0 N–H and O–H groups in total. The van der Waals surface area contributed by atoms with Gasteiger partial charge in [0, 0.05) is 5.92 Å². The van der Waals surface area contributed by atoms with Gasteiger partial charge < -0.3 is 0 Å². The van der Waals surface area contributed by atoms with Gasteiger partial charge in [0.05, 0.1) is 0 Å². The molecule has 0 amide bonds. The molecule has 2 aliphatic rings. The third-order valence-corrected chi connectivity index (χ3v) is 5.40. The Morgan fingerprint density at radius 3 is 2.32 bits per heavy atom. The van der Waals surface area contributed by atoms with Crippen LogP contribution in [0.5, 0.6) is 0 Å². The predicted molar refractivity (Wildman–Crippen MR) is 91.3 cm³/mol. The lowest BCUT2D eigenvalue weighted by molar-refractivity contribution is 0.780. The standard InChI is InChI=1S/C22H18/c1-3-8-17-15(6-1)12-13-21(17)20-11-5-10-19-18-9-4-2-7-16(18)14-22(19)20/h1-11,21H,12-14H2. The zero-order valence-corrected chi connectivity index (χ0v) is 12.5. The Morgan fingerprint density at radius 1 is 0.636 bits per heavy atom. The first-order valence-electron chi connectivity index (χ1n) is 8.19. The minimum absolute atomic E-state index is 0.584. The molecule has 0 spiro atoms. The third-order valence-electron chi connectivity index (χ3n) is 5.40. The van der Waals surface area contributed by atoms with Crippen molar-refractivity contribution in [1.29, 1.82) is 0 Å². The first-order chi connectivity index (χ1) is 10.9. The second-order valence-electron chi connectivity index (χ2n) is 6.50. The molecule has 0 radical (unpaired) electrons. The van der Waals surface area contributed by atoms with Crippen LogP contribution in [0.4, 0.5) is 0 Å². The second-order valence-corrected chi connectivity index (χ2v) is 6.50. The zero-order chi connectivity index (χ0) is 14.5. The fraction of sp³-hybridized carbons (Fsp3) is 0.182. The minimum Gasteiger partial charge on any atom is -0.0620 e. The average Bonchev–Trinajstić information content (AvgIpc) is 3.16. The third kappa shape index (κ3) is 1.64. The smallest absolute Gasteiger partial charge is 0.00982 e. The summed E-state index contributed by atoms with van der Waals surface area (Å²) in [4.78, 5) is 0. The number of benzene rings is 3. The minimum atomic E-state index is 0.584. The van der Waals surface area contributed by atoms with Gasteiger partial charge in [0.2, 0.25) is 0 Å². The van der Waals surface area contributed by atoms with E-state index in [9.17, 15) is 0 Å². The van der Waals surface area contributed by atoms with E-state index in [2.05, 4.69) is 66.7 Å². The lowest BCUT2D eigenvalue weighted by Crippen LogP contribution is -2.00. The maximum absolute atomic E-state index is 2.36. The van der Waals surface area contributed by atoms with Crippen molar-refractivity contribution in [3.63, 3.8) is 0 Å². The lowest BCUT2D eigenvalue weighted by Gasteiger charge is -2.16. The van der Waals surface area contributed by atoms with Crippen LogP contribution in [0.2, 0.25) is 0 Å². The number of hydrogen-bond donors (Lipinski definition) is 0. The molecule has 0 aromatic heterocycles. The summed E-state index contributed by atoms with van der Waals surface area (Å²) in [6, 6.07) is 24.8. The van der Waals surface area contributed by atoms with Gasteiger partial charge in [-0.1, -0.05) is 66.7 Å². The van der Waals surface area contributed by atoms with Gasteiger partial charge >= 0.3 is 0 Å². The van der Waals surface area contributed by atoms with Crippen molar-refractivity contribution < 1.29 is 0 Å². The molecule has 0 saturated carbocycles. The van der Waals surface area contributed by atoms with Crippen LogP contribution < -0.4 is 0 Å². The molecule has 0 bridgehead atoms. The Hall–Kier alpha value is -2.34. The molecule has 0 saturated heterocycles. The molecule has 3 aromatic carbocycles. The molecular formula is C22H18. The molecule has 0 aliphatic heterocycles. The first kappa shape index (κ1) is 12.2. The van der Waals surface area contributed by atoms with Crippen LogP contribution in [0.1, 0.15) is 40.2 Å². The molecule has 3 aromatic rings. The summed E-state index contributed by atoms with van der Waals surface area (Å²) < 4.78 is 0. The van der Waals surface area contributed by atoms with Crippen LogP contribution in [0, 0.1) is 0 Å². The van der Waals surface area contributed by atoms with Gasteiger partial charge in [-0.25, -0.2) is 0 Å². The van der Waals surface area contributed by atoms with Gasteiger partial charge in [-0.15, -0.1) is 0 Å². The molecule has 1 atom stereocenters. The Kier molecular flexibility index (Phi) is 2.54. The van der Waals surface area contributed by atoms with Crippen molar-refractivity contribution in [2.45, 2.75) is 25.2 Å². The Labute approximate surface area is 131 Å². The highest BCUT2D eigenvalue weighted by atomic mass is 14.3. The largest absolute Gasteiger partial charge is 0.0620 e. The fourth-order valence-electron chi connectivity index (χ4n) is 4.39. The summed E-state index contributed by atoms with van der Waals surface area (Å²) in [7, 11) is 0. The van der Waals surface area contributed by atoms with Crippen molar-refractivity contribution in [1.82, 2.24) is 0 Å². The van der Waals surface area contributed by atoms with E-state index in [4.69, 9.17) is 0 Å². The normalized spacial score (nSPS) is 17.9. The molecule has 22 heavy (non-hydrogen) atoms. The van der Waals surface area contributed by atoms with Crippen molar-refractivity contribution in [3.8, 4) is 11.1 Å². The number of fused-ring (bicyclic) bond motifs is 4. The van der Waals surface area contributed by atoms with Crippen LogP contribution in [0.3, 0.4) is 0 Å². The second kappa shape index (κ2) is 4.58. The van der Waals surface area contributed by atoms with E-state index in [1.54, 1.807) is 22.3 Å².